The van der Waals surface area contributed by atoms with Crippen LogP contribution in [0.25, 0.3) is 10.2 Å². The number of hydrogen-bond acceptors (Lipinski definition) is 5. The number of nitrogens with zero attached hydrogens (tertiary/aromatic N) is 2. The molecule has 124 valence electrons. The highest BCUT2D eigenvalue weighted by Gasteiger charge is 2.36. The van der Waals surface area contributed by atoms with Crippen molar-refractivity contribution in [2.45, 2.75) is 25.2 Å². The third-order valence-corrected chi connectivity index (χ3v) is 6.84. The smallest absolute Gasteiger partial charge is 0.307 e. The van der Waals surface area contributed by atoms with Crippen LogP contribution >= 0.6 is 11.3 Å². The lowest BCUT2D eigenvalue weighted by molar-refractivity contribution is -0.143. The fourth-order valence-corrected chi connectivity index (χ4v) is 5.58. The standard InChI is InChI=1S/C15H18N2O4S2/c1-9-5-11(15(18)19)8-17(7-9)23(20,21)12-3-4-13-14(6-12)22-10(2)16-13/h3-4,6,9,11H,5,7-8H2,1-2H3,(H,18,19). The molecular weight excluding hydrogens is 336 g/mol. The zero-order valence-electron chi connectivity index (χ0n) is 12.9. The summed E-state index contributed by atoms with van der Waals surface area (Å²) in [4.78, 5) is 15.8. The Kier molecular flexibility index (Phi) is 4.16. The van der Waals surface area contributed by atoms with Gasteiger partial charge in [0, 0.05) is 13.1 Å². The predicted octanol–water partition coefficient (Wildman–Crippen LogP) is 2.34. The van der Waals surface area contributed by atoms with Crippen LogP contribution in [0.2, 0.25) is 0 Å². The average molecular weight is 354 g/mol. The number of aromatic nitrogens is 1. The fraction of sp³-hybridized carbons (Fsp3) is 0.467. The Bertz CT molecular complexity index is 859. The van der Waals surface area contributed by atoms with E-state index in [1.54, 1.807) is 18.2 Å². The van der Waals surface area contributed by atoms with E-state index >= 15 is 0 Å². The van der Waals surface area contributed by atoms with Crippen molar-refractivity contribution < 1.29 is 18.3 Å². The van der Waals surface area contributed by atoms with Crippen molar-refractivity contribution in [1.29, 1.82) is 0 Å². The van der Waals surface area contributed by atoms with E-state index < -0.39 is 21.9 Å². The molecule has 1 aliphatic heterocycles. The fourth-order valence-electron chi connectivity index (χ4n) is 3.01. The lowest BCUT2D eigenvalue weighted by Gasteiger charge is -2.33. The second-order valence-corrected chi connectivity index (χ2v) is 9.23. The molecule has 1 aliphatic rings. The summed E-state index contributed by atoms with van der Waals surface area (Å²) in [5.41, 5.74) is 0.780. The molecule has 0 aliphatic carbocycles. The van der Waals surface area contributed by atoms with Crippen molar-refractivity contribution in [3.05, 3.63) is 23.2 Å². The Balaban J connectivity index is 1.96. The highest BCUT2D eigenvalue weighted by molar-refractivity contribution is 7.89. The minimum Gasteiger partial charge on any atom is -0.481 e. The second kappa shape index (κ2) is 5.85. The number of fused-ring (bicyclic) bond motifs is 1. The normalized spacial score (nSPS) is 23.2. The van der Waals surface area contributed by atoms with Crippen molar-refractivity contribution in [3.8, 4) is 0 Å². The van der Waals surface area contributed by atoms with E-state index in [-0.39, 0.29) is 17.4 Å². The molecule has 23 heavy (non-hydrogen) atoms. The van der Waals surface area contributed by atoms with Gasteiger partial charge in [0.05, 0.1) is 26.0 Å². The molecular formula is C15H18N2O4S2. The van der Waals surface area contributed by atoms with E-state index in [9.17, 15) is 18.3 Å². The van der Waals surface area contributed by atoms with Crippen LogP contribution in [0.1, 0.15) is 18.4 Å². The SMILES string of the molecule is Cc1nc2ccc(S(=O)(=O)N3CC(C)CC(C(=O)O)C3)cc2s1. The summed E-state index contributed by atoms with van der Waals surface area (Å²) < 4.78 is 27.9. The number of thiazole rings is 1. The molecule has 0 saturated carbocycles. The maximum atomic E-state index is 12.9. The number of rotatable bonds is 3. The number of piperidine rings is 1. The summed E-state index contributed by atoms with van der Waals surface area (Å²) >= 11 is 1.45. The van der Waals surface area contributed by atoms with Gasteiger partial charge in [-0.25, -0.2) is 13.4 Å². The lowest BCUT2D eigenvalue weighted by Crippen LogP contribution is -2.45. The van der Waals surface area contributed by atoms with Gasteiger partial charge in [-0.1, -0.05) is 6.92 Å². The number of aliphatic carboxylic acids is 1. The first-order valence-corrected chi connectivity index (χ1v) is 9.63. The summed E-state index contributed by atoms with van der Waals surface area (Å²) in [5, 5.41) is 10.1. The minimum atomic E-state index is -3.69. The Morgan fingerprint density at radius 2 is 2.13 bits per heavy atom. The summed E-state index contributed by atoms with van der Waals surface area (Å²) in [7, 11) is -3.69. The van der Waals surface area contributed by atoms with E-state index in [4.69, 9.17) is 0 Å². The van der Waals surface area contributed by atoms with Gasteiger partial charge in [0.1, 0.15) is 0 Å². The Morgan fingerprint density at radius 1 is 1.39 bits per heavy atom. The molecule has 0 amide bonds. The van der Waals surface area contributed by atoms with Gasteiger partial charge >= 0.3 is 5.97 Å². The summed E-state index contributed by atoms with van der Waals surface area (Å²) in [6, 6.07) is 4.88. The molecule has 0 radical (unpaired) electrons. The van der Waals surface area contributed by atoms with Gasteiger partial charge in [0.2, 0.25) is 10.0 Å². The minimum absolute atomic E-state index is 0.0222. The van der Waals surface area contributed by atoms with Gasteiger partial charge in [-0.3, -0.25) is 4.79 Å². The van der Waals surface area contributed by atoms with E-state index in [2.05, 4.69) is 4.98 Å². The van der Waals surface area contributed by atoms with Crippen LogP contribution in [0.15, 0.2) is 23.1 Å². The Hall–Kier alpha value is -1.51. The van der Waals surface area contributed by atoms with Gasteiger partial charge in [0.15, 0.2) is 0 Å². The van der Waals surface area contributed by atoms with Gasteiger partial charge in [-0.05, 0) is 37.5 Å². The van der Waals surface area contributed by atoms with Crippen molar-refractivity contribution in [2.75, 3.05) is 13.1 Å². The number of sulfonamides is 1. The summed E-state index contributed by atoms with van der Waals surface area (Å²) in [5.74, 6) is -1.57. The van der Waals surface area contributed by atoms with Crippen LogP contribution in [-0.2, 0) is 14.8 Å². The molecule has 8 heteroatoms. The Labute approximate surface area is 138 Å². The molecule has 0 spiro atoms. The third-order valence-electron chi connectivity index (χ3n) is 4.08. The number of carboxylic acid groups (broad SMARTS) is 1. The van der Waals surface area contributed by atoms with E-state index in [0.29, 0.717) is 13.0 Å². The highest BCUT2D eigenvalue weighted by Crippen LogP contribution is 2.30. The van der Waals surface area contributed by atoms with Gasteiger partial charge in [0.25, 0.3) is 0 Å². The molecule has 1 saturated heterocycles. The first-order valence-electron chi connectivity index (χ1n) is 7.37. The number of hydrogen-bond donors (Lipinski definition) is 1. The van der Waals surface area contributed by atoms with Crippen LogP contribution < -0.4 is 0 Å². The first kappa shape index (κ1) is 16.4. The molecule has 1 aromatic heterocycles. The van der Waals surface area contributed by atoms with Crippen LogP contribution in [0, 0.1) is 18.8 Å². The number of carbonyl (C=O) groups is 1. The zero-order chi connectivity index (χ0) is 16.8. The largest absolute Gasteiger partial charge is 0.481 e. The average Bonchev–Trinajstić information content (AvgIpc) is 2.85. The van der Waals surface area contributed by atoms with Crippen molar-refractivity contribution >= 4 is 37.5 Å². The third kappa shape index (κ3) is 3.11. The van der Waals surface area contributed by atoms with Gasteiger partial charge in [-0.15, -0.1) is 11.3 Å². The molecule has 1 aromatic carbocycles. The van der Waals surface area contributed by atoms with E-state index in [1.807, 2.05) is 13.8 Å². The van der Waals surface area contributed by atoms with Crippen LogP contribution in [0.3, 0.4) is 0 Å². The van der Waals surface area contributed by atoms with Gasteiger partial charge in [-0.2, -0.15) is 4.31 Å². The predicted molar refractivity (Wildman–Crippen MR) is 88.0 cm³/mol. The Morgan fingerprint density at radius 3 is 2.83 bits per heavy atom. The maximum absolute atomic E-state index is 12.9. The monoisotopic (exact) mass is 354 g/mol. The van der Waals surface area contributed by atoms with Crippen molar-refractivity contribution in [2.24, 2.45) is 11.8 Å². The molecule has 1 N–H and O–H groups in total. The van der Waals surface area contributed by atoms with Gasteiger partial charge < -0.3 is 5.11 Å². The second-order valence-electron chi connectivity index (χ2n) is 6.06. The lowest BCUT2D eigenvalue weighted by atomic mass is 9.92. The molecule has 2 unspecified atom stereocenters. The molecule has 6 nitrogen and oxygen atoms in total. The maximum Gasteiger partial charge on any atom is 0.307 e. The number of benzene rings is 1. The quantitative estimate of drug-likeness (QED) is 0.914. The van der Waals surface area contributed by atoms with Crippen molar-refractivity contribution in [1.82, 2.24) is 9.29 Å². The van der Waals surface area contributed by atoms with E-state index in [1.165, 1.54) is 15.6 Å². The molecule has 0 bridgehead atoms. The highest BCUT2D eigenvalue weighted by atomic mass is 32.2. The zero-order valence-corrected chi connectivity index (χ0v) is 14.5. The van der Waals surface area contributed by atoms with Crippen LogP contribution in [0.5, 0.6) is 0 Å². The molecule has 2 heterocycles. The number of aryl methyl sites for hydroxylation is 1. The number of carboxylic acids is 1. The van der Waals surface area contributed by atoms with Crippen molar-refractivity contribution in [3.63, 3.8) is 0 Å². The summed E-state index contributed by atoms with van der Waals surface area (Å²) in [6.45, 7) is 4.14. The molecule has 3 rings (SSSR count). The molecule has 2 aromatic rings. The van der Waals surface area contributed by atoms with Crippen LogP contribution in [0.4, 0.5) is 0 Å². The first-order chi connectivity index (χ1) is 10.8. The topological polar surface area (TPSA) is 87.6 Å². The summed E-state index contributed by atoms with van der Waals surface area (Å²) in [6.07, 6.45) is 0.508. The van der Waals surface area contributed by atoms with E-state index in [0.717, 1.165) is 15.2 Å². The molecule has 1 fully saturated rings. The molecule has 2 atom stereocenters. The van der Waals surface area contributed by atoms with Crippen LogP contribution in [-0.4, -0.2) is 41.9 Å².